The first-order valence-electron chi connectivity index (χ1n) is 5.21. The molecule has 0 aromatic rings. The van der Waals surface area contributed by atoms with E-state index in [2.05, 4.69) is 0 Å². The molecule has 92 valence electrons. The topological polar surface area (TPSA) is 76.1 Å². The highest BCUT2D eigenvalue weighted by atomic mass is 16.5. The van der Waals surface area contributed by atoms with Gasteiger partial charge in [-0.25, -0.2) is 4.79 Å². The number of morpholine rings is 1. The Morgan fingerprint density at radius 2 is 1.88 bits per heavy atom. The van der Waals surface area contributed by atoms with Gasteiger partial charge in [-0.05, 0) is 13.8 Å². The van der Waals surface area contributed by atoms with Gasteiger partial charge in [0.15, 0.2) is 0 Å². The molecule has 0 aliphatic carbocycles. The first-order chi connectivity index (χ1) is 7.49. The number of amides is 1. The zero-order valence-electron chi connectivity index (χ0n) is 9.51. The lowest BCUT2D eigenvalue weighted by molar-refractivity contribution is -0.151. The predicted octanol–water partition coefficient (Wildman–Crippen LogP) is -0.277. The number of hydrogen-bond acceptors (Lipinski definition) is 4. The molecule has 0 bridgehead atoms. The molecule has 1 aliphatic rings. The molecule has 0 saturated carbocycles. The van der Waals surface area contributed by atoms with Crippen LogP contribution in [0.25, 0.3) is 0 Å². The Bertz CT molecular complexity index is 258. The Hall–Kier alpha value is -1.14. The molecule has 1 N–H and O–H groups in total. The van der Waals surface area contributed by atoms with Crippen molar-refractivity contribution < 1.29 is 24.2 Å². The molecular formula is C10H17NO5. The molecule has 0 spiro atoms. The van der Waals surface area contributed by atoms with Crippen molar-refractivity contribution in [2.75, 3.05) is 26.3 Å². The van der Waals surface area contributed by atoms with Gasteiger partial charge in [-0.15, -0.1) is 0 Å². The summed E-state index contributed by atoms with van der Waals surface area (Å²) in [6.45, 7) is 4.22. The molecule has 1 aliphatic heterocycles. The summed E-state index contributed by atoms with van der Waals surface area (Å²) in [5.74, 6) is -1.26. The van der Waals surface area contributed by atoms with Crippen LogP contribution in [0.5, 0.6) is 0 Å². The van der Waals surface area contributed by atoms with Gasteiger partial charge in [0.25, 0.3) is 0 Å². The Balaban J connectivity index is 2.32. The Morgan fingerprint density at radius 1 is 1.31 bits per heavy atom. The van der Waals surface area contributed by atoms with Gasteiger partial charge in [-0.2, -0.15) is 0 Å². The van der Waals surface area contributed by atoms with Crippen molar-refractivity contribution >= 4 is 11.9 Å². The van der Waals surface area contributed by atoms with Crippen LogP contribution in [0.1, 0.15) is 13.8 Å². The van der Waals surface area contributed by atoms with Crippen LogP contribution in [0.2, 0.25) is 0 Å². The third-order valence-electron chi connectivity index (χ3n) is 2.22. The van der Waals surface area contributed by atoms with Crippen molar-refractivity contribution in [1.29, 1.82) is 0 Å². The van der Waals surface area contributed by atoms with Crippen molar-refractivity contribution in [2.45, 2.75) is 26.1 Å². The molecular weight excluding hydrogens is 214 g/mol. The van der Waals surface area contributed by atoms with E-state index in [4.69, 9.17) is 14.6 Å². The quantitative estimate of drug-likeness (QED) is 0.720. The van der Waals surface area contributed by atoms with E-state index in [0.717, 1.165) is 0 Å². The van der Waals surface area contributed by atoms with Crippen molar-refractivity contribution in [2.24, 2.45) is 0 Å². The maximum absolute atomic E-state index is 11.6. The Morgan fingerprint density at radius 3 is 2.38 bits per heavy atom. The number of carbonyl (C=O) groups excluding carboxylic acids is 1. The second kappa shape index (κ2) is 5.81. The number of aliphatic carboxylic acids is 1. The van der Waals surface area contributed by atoms with Gasteiger partial charge in [-0.1, -0.05) is 0 Å². The van der Waals surface area contributed by atoms with Crippen LogP contribution in [-0.4, -0.2) is 60.4 Å². The minimum Gasteiger partial charge on any atom is -0.480 e. The highest BCUT2D eigenvalue weighted by molar-refractivity contribution is 5.78. The average Bonchev–Trinajstić information content (AvgIpc) is 2.15. The Labute approximate surface area is 94.1 Å². The van der Waals surface area contributed by atoms with Gasteiger partial charge in [-0.3, -0.25) is 4.79 Å². The lowest BCUT2D eigenvalue weighted by atomic mass is 10.2. The molecule has 2 atom stereocenters. The number of hydrogen-bond donors (Lipinski definition) is 1. The SMILES string of the molecule is CC1CN(C(=O)COCC(=O)O)CC(C)O1. The van der Waals surface area contributed by atoms with Crippen molar-refractivity contribution in [1.82, 2.24) is 4.90 Å². The minimum absolute atomic E-state index is 0.00664. The fourth-order valence-electron chi connectivity index (χ4n) is 1.70. The third kappa shape index (κ3) is 4.16. The van der Waals surface area contributed by atoms with Gasteiger partial charge in [0, 0.05) is 13.1 Å². The summed E-state index contributed by atoms with van der Waals surface area (Å²) in [4.78, 5) is 23.5. The molecule has 0 aromatic carbocycles. The van der Waals surface area contributed by atoms with E-state index in [-0.39, 0.29) is 24.7 Å². The van der Waals surface area contributed by atoms with Crippen LogP contribution < -0.4 is 0 Å². The summed E-state index contributed by atoms with van der Waals surface area (Å²) in [5, 5.41) is 8.35. The van der Waals surface area contributed by atoms with Crippen LogP contribution in [0.3, 0.4) is 0 Å². The number of carbonyl (C=O) groups is 2. The number of carboxylic acids is 1. The molecule has 1 rings (SSSR count). The van der Waals surface area contributed by atoms with Crippen molar-refractivity contribution in [3.63, 3.8) is 0 Å². The first-order valence-corrected chi connectivity index (χ1v) is 5.21. The van der Waals surface area contributed by atoms with Gasteiger partial charge >= 0.3 is 5.97 Å². The monoisotopic (exact) mass is 231 g/mol. The Kier molecular flexibility index (Phi) is 4.70. The molecule has 2 unspecified atom stereocenters. The van der Waals surface area contributed by atoms with E-state index in [9.17, 15) is 9.59 Å². The molecule has 1 amide bonds. The second-order valence-corrected chi connectivity index (χ2v) is 3.94. The van der Waals surface area contributed by atoms with Gasteiger partial charge in [0.1, 0.15) is 13.2 Å². The van der Waals surface area contributed by atoms with E-state index in [1.54, 1.807) is 4.90 Å². The lowest BCUT2D eigenvalue weighted by Gasteiger charge is -2.35. The number of carboxylic acid groups (broad SMARTS) is 1. The standard InChI is InChI=1S/C10H17NO5/c1-7-3-11(4-8(2)16-7)9(12)5-15-6-10(13)14/h7-8H,3-6H2,1-2H3,(H,13,14). The highest BCUT2D eigenvalue weighted by Gasteiger charge is 2.25. The summed E-state index contributed by atoms with van der Waals surface area (Å²) in [6, 6.07) is 0. The molecule has 16 heavy (non-hydrogen) atoms. The van der Waals surface area contributed by atoms with Crippen LogP contribution in [0, 0.1) is 0 Å². The number of rotatable bonds is 4. The average molecular weight is 231 g/mol. The van der Waals surface area contributed by atoms with Gasteiger partial charge < -0.3 is 19.5 Å². The molecule has 6 nitrogen and oxygen atoms in total. The smallest absolute Gasteiger partial charge is 0.329 e. The van der Waals surface area contributed by atoms with Crippen LogP contribution in [-0.2, 0) is 19.1 Å². The second-order valence-electron chi connectivity index (χ2n) is 3.94. The van der Waals surface area contributed by atoms with E-state index in [1.165, 1.54) is 0 Å². The molecule has 1 saturated heterocycles. The van der Waals surface area contributed by atoms with Gasteiger partial charge in [0.2, 0.25) is 5.91 Å². The highest BCUT2D eigenvalue weighted by Crippen LogP contribution is 2.10. The molecule has 1 heterocycles. The van der Waals surface area contributed by atoms with Crippen molar-refractivity contribution in [3.8, 4) is 0 Å². The van der Waals surface area contributed by atoms with E-state index >= 15 is 0 Å². The van der Waals surface area contributed by atoms with Crippen LogP contribution in [0.15, 0.2) is 0 Å². The summed E-state index contributed by atoms with van der Waals surface area (Å²) in [7, 11) is 0. The summed E-state index contributed by atoms with van der Waals surface area (Å²) in [6.07, 6.45) is 0.0133. The van der Waals surface area contributed by atoms with Gasteiger partial charge in [0.05, 0.1) is 12.2 Å². The fourth-order valence-corrected chi connectivity index (χ4v) is 1.70. The normalized spacial score (nSPS) is 25.5. The van der Waals surface area contributed by atoms with Crippen LogP contribution >= 0.6 is 0 Å². The third-order valence-corrected chi connectivity index (χ3v) is 2.22. The number of nitrogens with zero attached hydrogens (tertiary/aromatic N) is 1. The van der Waals surface area contributed by atoms with Crippen LogP contribution in [0.4, 0.5) is 0 Å². The van der Waals surface area contributed by atoms with E-state index < -0.39 is 12.6 Å². The summed E-state index contributed by atoms with van der Waals surface area (Å²) in [5.41, 5.74) is 0. The zero-order valence-corrected chi connectivity index (χ0v) is 9.51. The first kappa shape index (κ1) is 12.9. The lowest BCUT2D eigenvalue weighted by Crippen LogP contribution is -2.49. The minimum atomic E-state index is -1.07. The van der Waals surface area contributed by atoms with E-state index in [1.807, 2.05) is 13.8 Å². The molecule has 0 aromatic heterocycles. The zero-order chi connectivity index (χ0) is 12.1. The summed E-state index contributed by atoms with van der Waals surface area (Å²) >= 11 is 0. The maximum Gasteiger partial charge on any atom is 0.329 e. The molecule has 6 heteroatoms. The maximum atomic E-state index is 11.6. The number of ether oxygens (including phenoxy) is 2. The fraction of sp³-hybridized carbons (Fsp3) is 0.800. The van der Waals surface area contributed by atoms with Crippen molar-refractivity contribution in [3.05, 3.63) is 0 Å². The molecule has 0 radical (unpaired) electrons. The largest absolute Gasteiger partial charge is 0.480 e. The molecule has 1 fully saturated rings. The predicted molar refractivity (Wildman–Crippen MR) is 55.0 cm³/mol. The van der Waals surface area contributed by atoms with E-state index in [0.29, 0.717) is 13.1 Å². The summed E-state index contributed by atoms with van der Waals surface area (Å²) < 4.78 is 10.2.